The van der Waals surface area contributed by atoms with Crippen LogP contribution in [0.3, 0.4) is 0 Å². The van der Waals surface area contributed by atoms with Crippen LogP contribution in [-0.4, -0.2) is 32.9 Å². The van der Waals surface area contributed by atoms with Gasteiger partial charge in [0.15, 0.2) is 0 Å². The third kappa shape index (κ3) is 5.23. The molecule has 0 heterocycles. The first-order valence-corrected chi connectivity index (χ1v) is 23.6. The summed E-state index contributed by atoms with van der Waals surface area (Å²) in [5, 5.41) is 0.485. The van der Waals surface area contributed by atoms with Crippen LogP contribution >= 0.6 is 30.0 Å². The van der Waals surface area contributed by atoms with Gasteiger partial charge in [0.1, 0.15) is 0 Å². The summed E-state index contributed by atoms with van der Waals surface area (Å²) in [7, 11) is 16.3. The summed E-state index contributed by atoms with van der Waals surface area (Å²) in [4.78, 5) is 0. The van der Waals surface area contributed by atoms with Crippen LogP contribution in [0.4, 0.5) is 0 Å². The van der Waals surface area contributed by atoms with E-state index in [0.29, 0.717) is 0 Å². The average molecular weight is 580 g/mol. The molecule has 0 bridgehead atoms. The predicted octanol–water partition coefficient (Wildman–Crippen LogP) is 10.1. The second-order valence-electron chi connectivity index (χ2n) is 12.4. The van der Waals surface area contributed by atoms with Gasteiger partial charge < -0.3 is 0 Å². The van der Waals surface area contributed by atoms with E-state index in [1.165, 1.54) is 0 Å². The minimum atomic E-state index is -2.92. The SMILES string of the molecule is CC=CC[PH](C(C)(C)C)(C(C)(C)C)[Pd]([Cl])([Cl])[PH](CC=CC)(C(C)(C)C)C(C)(C)C. The Morgan fingerprint density at radius 2 is 0.759 bits per heavy atom. The van der Waals surface area contributed by atoms with Crippen LogP contribution in [0.25, 0.3) is 0 Å². The number of halogens is 2. The molecular weight excluding hydrogens is 528 g/mol. The van der Waals surface area contributed by atoms with Gasteiger partial charge in [-0.25, -0.2) is 0 Å². The fourth-order valence-electron chi connectivity index (χ4n) is 5.60. The number of hydrogen-bond acceptors (Lipinski definition) is 0. The maximum absolute atomic E-state index is 8.16. The predicted molar refractivity (Wildman–Crippen MR) is 147 cm³/mol. The van der Waals surface area contributed by atoms with Gasteiger partial charge in [0, 0.05) is 0 Å². The Bertz CT molecular complexity index is 514. The van der Waals surface area contributed by atoms with E-state index in [-0.39, 0.29) is 20.6 Å². The van der Waals surface area contributed by atoms with E-state index in [1.807, 2.05) is 0 Å². The summed E-state index contributed by atoms with van der Waals surface area (Å²) in [6.07, 6.45) is 11.4. The Hall–Kier alpha value is 1.58. The van der Waals surface area contributed by atoms with Crippen LogP contribution in [0.15, 0.2) is 24.3 Å². The van der Waals surface area contributed by atoms with Gasteiger partial charge in [0.25, 0.3) is 0 Å². The van der Waals surface area contributed by atoms with Crippen LogP contribution in [0.1, 0.15) is 96.9 Å². The van der Waals surface area contributed by atoms with E-state index >= 15 is 0 Å². The molecule has 182 valence electrons. The van der Waals surface area contributed by atoms with Crippen LogP contribution < -0.4 is 0 Å². The van der Waals surface area contributed by atoms with Crippen molar-refractivity contribution in [2.75, 3.05) is 12.3 Å². The van der Waals surface area contributed by atoms with Gasteiger partial charge in [-0.3, -0.25) is 0 Å². The van der Waals surface area contributed by atoms with Crippen molar-refractivity contribution >= 4 is 30.0 Å². The van der Waals surface area contributed by atoms with Crippen molar-refractivity contribution in [3.8, 4) is 0 Å². The molecule has 0 aromatic carbocycles. The Morgan fingerprint density at radius 1 is 0.552 bits per heavy atom. The summed E-state index contributed by atoms with van der Waals surface area (Å²) in [5.74, 6) is 0. The molecule has 0 aliphatic carbocycles. The van der Waals surface area contributed by atoms with E-state index < -0.39 is 23.4 Å². The summed E-state index contributed by atoms with van der Waals surface area (Å²) in [5.41, 5.74) is -4.46. The normalized spacial score (nSPS) is 17.9. The van der Waals surface area contributed by atoms with E-state index in [1.54, 1.807) is 0 Å². The summed E-state index contributed by atoms with van der Waals surface area (Å²) in [6, 6.07) is 0. The fraction of sp³-hybridized carbons (Fsp3) is 0.833. The molecule has 0 amide bonds. The first kappa shape index (κ1) is 30.6. The molecule has 0 radical (unpaired) electrons. The molecule has 5 heteroatoms. The molecule has 0 nitrogen and oxygen atoms in total. The molecule has 0 aliphatic rings. The molecule has 0 atom stereocenters. The fourth-order valence-corrected chi connectivity index (χ4v) is 97.5. The van der Waals surface area contributed by atoms with Gasteiger partial charge in [0.05, 0.1) is 0 Å². The third-order valence-corrected chi connectivity index (χ3v) is 68.5. The van der Waals surface area contributed by atoms with Crippen LogP contribution in [0.5, 0.6) is 0 Å². The van der Waals surface area contributed by atoms with Crippen molar-refractivity contribution in [3.63, 3.8) is 0 Å². The topological polar surface area (TPSA) is 0 Å². The summed E-state index contributed by atoms with van der Waals surface area (Å²) < 4.78 is 0. The minimum absolute atomic E-state index is 0.121. The Balaban J connectivity index is 7.70. The van der Waals surface area contributed by atoms with Gasteiger partial charge in [-0.1, -0.05) is 0 Å². The van der Waals surface area contributed by atoms with Gasteiger partial charge in [-0.2, -0.15) is 0 Å². The monoisotopic (exact) mass is 578 g/mol. The Labute approximate surface area is 195 Å². The molecule has 0 rings (SSSR count). The molecule has 0 saturated carbocycles. The van der Waals surface area contributed by atoms with E-state index in [9.17, 15) is 0 Å². The zero-order chi connectivity index (χ0) is 23.7. The molecule has 0 unspecified atom stereocenters. The molecule has 0 aromatic heterocycles. The van der Waals surface area contributed by atoms with Gasteiger partial charge in [-0.15, -0.1) is 0 Å². The standard InChI is InChI=1S/2C12H25P.2ClH.Pd/c2*1-8-9-10-13(11(2,3)4)12(5,6)7;;;/h2*8-9H,10H2,1-7H3;2*1H;. The van der Waals surface area contributed by atoms with Crippen LogP contribution in [0, 0.1) is 0 Å². The summed E-state index contributed by atoms with van der Waals surface area (Å²) >= 11 is -2.92. The molecule has 0 N–H and O–H groups in total. The Kier molecular flexibility index (Phi) is 10.4. The van der Waals surface area contributed by atoms with Crippen molar-refractivity contribution in [1.29, 1.82) is 0 Å². The molecule has 0 spiro atoms. The second-order valence-corrected chi connectivity index (χ2v) is 49.2. The molecule has 0 aliphatic heterocycles. The zero-order valence-corrected chi connectivity index (χ0v) is 26.9. The van der Waals surface area contributed by atoms with E-state index in [0.717, 1.165) is 12.3 Å². The molecule has 0 fully saturated rings. The maximum atomic E-state index is 8.16. The number of rotatable bonds is 6. The first-order chi connectivity index (χ1) is 12.6. The van der Waals surface area contributed by atoms with Crippen molar-refractivity contribution in [1.82, 2.24) is 0 Å². The quantitative estimate of drug-likeness (QED) is 0.167. The first-order valence-electron chi connectivity index (χ1n) is 10.9. The average Bonchev–Trinajstić information content (AvgIpc) is 2.42. The van der Waals surface area contributed by atoms with E-state index in [2.05, 4.69) is 121 Å². The third-order valence-electron chi connectivity index (χ3n) is 6.49. The zero-order valence-electron chi connectivity index (χ0n) is 21.8. The van der Waals surface area contributed by atoms with Crippen molar-refractivity contribution in [2.24, 2.45) is 0 Å². The van der Waals surface area contributed by atoms with Crippen LogP contribution in [-0.2, 0) is 12.5 Å². The Morgan fingerprint density at radius 3 is 0.897 bits per heavy atom. The van der Waals surface area contributed by atoms with Crippen molar-refractivity contribution in [3.05, 3.63) is 24.3 Å². The molecule has 29 heavy (non-hydrogen) atoms. The summed E-state index contributed by atoms with van der Waals surface area (Å²) in [6.45, 7) is 33.5. The molecular formula is C24H52Cl2P2Pd. The molecule has 0 aromatic rings. The van der Waals surface area contributed by atoms with Gasteiger partial charge >= 0.3 is 197 Å². The molecule has 0 saturated heterocycles. The second kappa shape index (κ2) is 9.83. The van der Waals surface area contributed by atoms with Crippen molar-refractivity contribution in [2.45, 2.75) is 118 Å². The van der Waals surface area contributed by atoms with E-state index in [4.69, 9.17) is 19.1 Å². The van der Waals surface area contributed by atoms with Crippen molar-refractivity contribution < 1.29 is 12.5 Å². The van der Waals surface area contributed by atoms with Gasteiger partial charge in [-0.05, 0) is 0 Å². The van der Waals surface area contributed by atoms with Crippen LogP contribution in [0.2, 0.25) is 0 Å². The van der Waals surface area contributed by atoms with Gasteiger partial charge in [0.2, 0.25) is 0 Å². The number of allylic oxidation sites excluding steroid dienone is 4. The number of hydrogen-bond donors (Lipinski definition) is 0.